The predicted molar refractivity (Wildman–Crippen MR) is 81.3 cm³/mol. The van der Waals surface area contributed by atoms with Crippen molar-refractivity contribution in [1.82, 2.24) is 5.32 Å². The number of carbonyl (C=O) groups is 2. The molecule has 2 aromatic carbocycles. The Balaban J connectivity index is 2.04. The van der Waals surface area contributed by atoms with Crippen LogP contribution in [0.4, 0.5) is 13.2 Å². The number of carbonyl (C=O) groups excluding carboxylic acids is 2. The number of primary amides is 1. The lowest BCUT2D eigenvalue weighted by atomic mass is 10.0. The van der Waals surface area contributed by atoms with Crippen molar-refractivity contribution >= 4 is 11.8 Å². The van der Waals surface area contributed by atoms with Gasteiger partial charge in [-0.15, -0.1) is 0 Å². The molecule has 2 aromatic rings. The fraction of sp³-hybridized carbons (Fsp3) is 0.176. The van der Waals surface area contributed by atoms with Gasteiger partial charge in [0.05, 0.1) is 6.42 Å². The SMILES string of the molecule is NC(=O)[C@H](Cc1cccc(F)c1)NC(=O)Cc1cc(F)cc(F)c1. The van der Waals surface area contributed by atoms with Gasteiger partial charge in [0.15, 0.2) is 0 Å². The van der Waals surface area contributed by atoms with E-state index in [0.717, 1.165) is 12.1 Å². The minimum Gasteiger partial charge on any atom is -0.368 e. The van der Waals surface area contributed by atoms with Crippen molar-refractivity contribution < 1.29 is 22.8 Å². The number of halogens is 3. The van der Waals surface area contributed by atoms with Gasteiger partial charge < -0.3 is 11.1 Å². The molecule has 0 aliphatic heterocycles. The first kappa shape index (κ1) is 17.5. The van der Waals surface area contributed by atoms with Gasteiger partial charge in [-0.1, -0.05) is 12.1 Å². The van der Waals surface area contributed by atoms with E-state index in [1.54, 1.807) is 6.07 Å². The van der Waals surface area contributed by atoms with Crippen molar-refractivity contribution in [2.45, 2.75) is 18.9 Å². The molecule has 2 amide bonds. The maximum absolute atomic E-state index is 13.2. The molecule has 0 saturated heterocycles. The summed E-state index contributed by atoms with van der Waals surface area (Å²) < 4.78 is 39.4. The van der Waals surface area contributed by atoms with Crippen molar-refractivity contribution in [3.63, 3.8) is 0 Å². The highest BCUT2D eigenvalue weighted by Gasteiger charge is 2.19. The minimum atomic E-state index is -1.06. The van der Waals surface area contributed by atoms with Crippen LogP contribution in [0.2, 0.25) is 0 Å². The molecule has 3 N–H and O–H groups in total. The summed E-state index contributed by atoms with van der Waals surface area (Å²) in [6, 6.07) is 7.22. The Bertz CT molecular complexity index is 745. The third-order valence-electron chi connectivity index (χ3n) is 3.29. The number of nitrogens with one attached hydrogen (secondary N) is 1. The molecule has 0 aliphatic rings. The average Bonchev–Trinajstić information content (AvgIpc) is 2.45. The molecule has 0 fully saturated rings. The molecular formula is C17H15F3N2O2. The van der Waals surface area contributed by atoms with Crippen LogP contribution in [0.5, 0.6) is 0 Å². The molecule has 0 bridgehead atoms. The van der Waals surface area contributed by atoms with Crippen LogP contribution in [0.3, 0.4) is 0 Å². The van der Waals surface area contributed by atoms with E-state index >= 15 is 0 Å². The second-order valence-corrected chi connectivity index (χ2v) is 5.31. The standard InChI is InChI=1S/C17H15F3N2O2/c18-12-3-1-2-10(4-12)7-15(17(21)24)22-16(23)8-11-5-13(19)9-14(20)6-11/h1-6,9,15H,7-8H2,(H2,21,24)(H,22,23)/t15-/m0/s1. The maximum Gasteiger partial charge on any atom is 0.240 e. The Morgan fingerprint density at radius 1 is 0.958 bits per heavy atom. The van der Waals surface area contributed by atoms with Crippen molar-refractivity contribution in [3.8, 4) is 0 Å². The molecule has 0 aliphatic carbocycles. The summed E-state index contributed by atoms with van der Waals surface area (Å²) in [5, 5.41) is 2.39. The van der Waals surface area contributed by atoms with Crippen molar-refractivity contribution in [1.29, 1.82) is 0 Å². The molecule has 0 unspecified atom stereocenters. The Labute approximate surface area is 136 Å². The highest BCUT2D eigenvalue weighted by atomic mass is 19.1. The quantitative estimate of drug-likeness (QED) is 0.845. The molecule has 1 atom stereocenters. The van der Waals surface area contributed by atoms with Gasteiger partial charge in [0.1, 0.15) is 23.5 Å². The monoisotopic (exact) mass is 336 g/mol. The zero-order chi connectivity index (χ0) is 17.7. The first-order valence-electron chi connectivity index (χ1n) is 7.11. The van der Waals surface area contributed by atoms with Gasteiger partial charge in [0.25, 0.3) is 0 Å². The van der Waals surface area contributed by atoms with Gasteiger partial charge in [0.2, 0.25) is 11.8 Å². The molecule has 2 rings (SSSR count). The lowest BCUT2D eigenvalue weighted by Gasteiger charge is -2.16. The Kier molecular flexibility index (Phi) is 5.57. The third-order valence-corrected chi connectivity index (χ3v) is 3.29. The van der Waals surface area contributed by atoms with E-state index in [1.165, 1.54) is 18.2 Å². The summed E-state index contributed by atoms with van der Waals surface area (Å²) in [7, 11) is 0. The number of amides is 2. The van der Waals surface area contributed by atoms with Crippen molar-refractivity contribution in [2.24, 2.45) is 5.73 Å². The molecule has 126 valence electrons. The van der Waals surface area contributed by atoms with Gasteiger partial charge in [-0.05, 0) is 35.4 Å². The zero-order valence-electron chi connectivity index (χ0n) is 12.6. The minimum absolute atomic E-state index is 0.0103. The molecule has 0 radical (unpaired) electrons. The van der Waals surface area contributed by atoms with Crippen LogP contribution in [0.15, 0.2) is 42.5 Å². The summed E-state index contributed by atoms with van der Waals surface area (Å²) in [4.78, 5) is 23.4. The van der Waals surface area contributed by atoms with Crippen LogP contribution in [-0.2, 0) is 22.4 Å². The number of nitrogens with two attached hydrogens (primary N) is 1. The molecule has 24 heavy (non-hydrogen) atoms. The zero-order valence-corrected chi connectivity index (χ0v) is 12.6. The third kappa shape index (κ3) is 5.12. The van der Waals surface area contributed by atoms with Crippen LogP contribution in [-0.4, -0.2) is 17.9 Å². The van der Waals surface area contributed by atoms with Gasteiger partial charge in [-0.3, -0.25) is 9.59 Å². The summed E-state index contributed by atoms with van der Waals surface area (Å²) >= 11 is 0. The second-order valence-electron chi connectivity index (χ2n) is 5.31. The van der Waals surface area contributed by atoms with Crippen LogP contribution in [0, 0.1) is 17.5 Å². The van der Waals surface area contributed by atoms with Crippen molar-refractivity contribution in [3.05, 3.63) is 71.0 Å². The van der Waals surface area contributed by atoms with Crippen LogP contribution in [0.1, 0.15) is 11.1 Å². The Morgan fingerprint density at radius 3 is 2.17 bits per heavy atom. The van der Waals surface area contributed by atoms with Gasteiger partial charge in [0, 0.05) is 12.5 Å². The summed E-state index contributed by atoms with van der Waals surface area (Å²) in [5.74, 6) is -3.50. The molecule has 4 nitrogen and oxygen atoms in total. The highest BCUT2D eigenvalue weighted by molar-refractivity contribution is 5.87. The number of benzene rings is 2. The van der Waals surface area contributed by atoms with E-state index in [0.29, 0.717) is 11.6 Å². The largest absolute Gasteiger partial charge is 0.368 e. The maximum atomic E-state index is 13.2. The van der Waals surface area contributed by atoms with Crippen LogP contribution in [0.25, 0.3) is 0 Å². The predicted octanol–water partition coefficient (Wildman–Crippen LogP) is 1.86. The second kappa shape index (κ2) is 7.63. The Morgan fingerprint density at radius 2 is 1.58 bits per heavy atom. The topological polar surface area (TPSA) is 72.2 Å². The summed E-state index contributed by atoms with van der Waals surface area (Å²) in [6.45, 7) is 0. The van der Waals surface area contributed by atoms with Crippen LogP contribution < -0.4 is 11.1 Å². The number of hydrogen-bond acceptors (Lipinski definition) is 2. The fourth-order valence-corrected chi connectivity index (χ4v) is 2.27. The molecule has 0 saturated carbocycles. The number of rotatable bonds is 6. The van der Waals surface area contributed by atoms with Gasteiger partial charge in [-0.25, -0.2) is 13.2 Å². The summed E-state index contributed by atoms with van der Waals surface area (Å²) in [6.07, 6.45) is -0.308. The van der Waals surface area contributed by atoms with E-state index in [1.807, 2.05) is 0 Å². The molecule has 7 heteroatoms. The molecule has 0 heterocycles. The molecule has 0 aromatic heterocycles. The summed E-state index contributed by atoms with van der Waals surface area (Å²) in [5.41, 5.74) is 5.85. The first-order chi connectivity index (χ1) is 11.3. The lowest BCUT2D eigenvalue weighted by Crippen LogP contribution is -2.46. The average molecular weight is 336 g/mol. The van der Waals surface area contributed by atoms with E-state index in [2.05, 4.69) is 5.32 Å². The normalized spacial score (nSPS) is 11.8. The van der Waals surface area contributed by atoms with Crippen molar-refractivity contribution in [2.75, 3.05) is 0 Å². The van der Waals surface area contributed by atoms with Gasteiger partial charge in [-0.2, -0.15) is 0 Å². The number of hydrogen-bond donors (Lipinski definition) is 2. The van der Waals surface area contributed by atoms with Crippen LogP contribution >= 0.6 is 0 Å². The van der Waals surface area contributed by atoms with E-state index in [9.17, 15) is 22.8 Å². The first-order valence-corrected chi connectivity index (χ1v) is 7.11. The van der Waals surface area contributed by atoms with E-state index < -0.39 is 35.3 Å². The smallest absolute Gasteiger partial charge is 0.240 e. The van der Waals surface area contributed by atoms with Gasteiger partial charge >= 0.3 is 0 Å². The fourth-order valence-electron chi connectivity index (χ4n) is 2.27. The van der Waals surface area contributed by atoms with E-state index in [4.69, 9.17) is 5.73 Å². The molecule has 0 spiro atoms. The van der Waals surface area contributed by atoms with E-state index in [-0.39, 0.29) is 18.4 Å². The lowest BCUT2D eigenvalue weighted by molar-refractivity contribution is -0.127. The highest BCUT2D eigenvalue weighted by Crippen LogP contribution is 2.10. The Hall–Kier alpha value is -2.83. The molecular weight excluding hydrogens is 321 g/mol.